The van der Waals surface area contributed by atoms with Crippen LogP contribution in [-0.4, -0.2) is 5.11 Å². The Morgan fingerprint density at radius 1 is 1.29 bits per heavy atom. The Morgan fingerprint density at radius 2 is 1.94 bits per heavy atom. The van der Waals surface area contributed by atoms with Gasteiger partial charge in [-0.05, 0) is 30.9 Å². The van der Waals surface area contributed by atoms with E-state index in [2.05, 4.69) is 15.9 Å². The predicted molar refractivity (Wildman–Crippen MR) is 69.3 cm³/mol. The molecule has 94 valence electrons. The van der Waals surface area contributed by atoms with Gasteiger partial charge in [-0.1, -0.05) is 35.2 Å². The maximum absolute atomic E-state index is 13.4. The molecule has 2 nitrogen and oxygen atoms in total. The summed E-state index contributed by atoms with van der Waals surface area (Å²) in [5.41, 5.74) is 6.69. The highest BCUT2D eigenvalue weighted by molar-refractivity contribution is 9.10. The molecule has 1 aromatic rings. The van der Waals surface area contributed by atoms with Crippen LogP contribution in [0.25, 0.3) is 0 Å². The Morgan fingerprint density at radius 3 is 2.59 bits per heavy atom. The van der Waals surface area contributed by atoms with Crippen LogP contribution in [0.15, 0.2) is 16.6 Å². The number of aromatic hydroxyl groups is 1. The molecule has 1 aromatic carbocycles. The Labute approximate surface area is 109 Å². The van der Waals surface area contributed by atoms with E-state index in [0.29, 0.717) is 16.0 Å². The number of nitrogens with two attached hydrogens (primary N) is 1. The number of benzene rings is 1. The molecule has 1 saturated carbocycles. The minimum Gasteiger partial charge on any atom is -0.505 e. The highest BCUT2D eigenvalue weighted by Gasteiger charge is 2.26. The van der Waals surface area contributed by atoms with Gasteiger partial charge in [-0.25, -0.2) is 4.39 Å². The van der Waals surface area contributed by atoms with Gasteiger partial charge in [0.05, 0.1) is 0 Å². The first-order valence-electron chi connectivity index (χ1n) is 6.03. The van der Waals surface area contributed by atoms with Crippen molar-refractivity contribution >= 4 is 15.9 Å². The molecular weight excluding hydrogens is 285 g/mol. The van der Waals surface area contributed by atoms with Gasteiger partial charge in [0, 0.05) is 16.1 Å². The molecule has 0 aliphatic heterocycles. The van der Waals surface area contributed by atoms with Crippen molar-refractivity contribution in [3.63, 3.8) is 0 Å². The highest BCUT2D eigenvalue weighted by Crippen LogP contribution is 2.40. The van der Waals surface area contributed by atoms with E-state index in [1.54, 1.807) is 6.07 Å². The molecule has 0 radical (unpaired) electrons. The third-order valence-electron chi connectivity index (χ3n) is 3.61. The Bertz CT molecular complexity index is 405. The third-order valence-corrected chi connectivity index (χ3v) is 4.30. The lowest BCUT2D eigenvalue weighted by molar-refractivity contribution is 0.300. The molecule has 0 saturated heterocycles. The maximum Gasteiger partial charge on any atom is 0.165 e. The van der Waals surface area contributed by atoms with Crippen LogP contribution in [0.2, 0.25) is 0 Å². The first-order chi connectivity index (χ1) is 8.11. The van der Waals surface area contributed by atoms with Crippen molar-refractivity contribution < 1.29 is 9.50 Å². The molecule has 1 fully saturated rings. The van der Waals surface area contributed by atoms with Crippen molar-refractivity contribution in [3.05, 3.63) is 28.0 Å². The minimum atomic E-state index is -0.602. The van der Waals surface area contributed by atoms with Crippen LogP contribution in [0.3, 0.4) is 0 Å². The van der Waals surface area contributed by atoms with Crippen LogP contribution in [0, 0.1) is 11.7 Å². The van der Waals surface area contributed by atoms with Gasteiger partial charge in [0.1, 0.15) is 0 Å². The van der Waals surface area contributed by atoms with E-state index in [1.807, 2.05) is 0 Å². The predicted octanol–water partition coefficient (Wildman–Crippen LogP) is 3.87. The molecule has 1 atom stereocenters. The van der Waals surface area contributed by atoms with Crippen LogP contribution in [0.4, 0.5) is 4.39 Å². The van der Waals surface area contributed by atoms with E-state index in [1.165, 1.54) is 25.3 Å². The van der Waals surface area contributed by atoms with Gasteiger partial charge in [0.2, 0.25) is 0 Å². The van der Waals surface area contributed by atoms with Crippen LogP contribution in [0.5, 0.6) is 5.75 Å². The Balaban J connectivity index is 2.29. The molecule has 3 N–H and O–H groups in total. The van der Waals surface area contributed by atoms with Gasteiger partial charge in [0.25, 0.3) is 0 Å². The van der Waals surface area contributed by atoms with Gasteiger partial charge in [-0.3, -0.25) is 0 Å². The first kappa shape index (κ1) is 12.8. The maximum atomic E-state index is 13.4. The lowest BCUT2D eigenvalue weighted by atomic mass is 9.81. The lowest BCUT2D eigenvalue weighted by Crippen LogP contribution is -2.24. The molecule has 17 heavy (non-hydrogen) atoms. The second-order valence-corrected chi connectivity index (χ2v) is 5.57. The summed E-state index contributed by atoms with van der Waals surface area (Å²) < 4.78 is 14.0. The van der Waals surface area contributed by atoms with Crippen molar-refractivity contribution in [2.24, 2.45) is 11.7 Å². The second-order valence-electron chi connectivity index (χ2n) is 4.72. The van der Waals surface area contributed by atoms with E-state index in [-0.39, 0.29) is 11.8 Å². The first-order valence-corrected chi connectivity index (χ1v) is 6.83. The fourth-order valence-corrected chi connectivity index (χ4v) is 3.19. The highest BCUT2D eigenvalue weighted by atomic mass is 79.9. The Hall–Kier alpha value is -0.610. The average molecular weight is 302 g/mol. The molecule has 0 spiro atoms. The van der Waals surface area contributed by atoms with Gasteiger partial charge in [-0.2, -0.15) is 0 Å². The van der Waals surface area contributed by atoms with Crippen molar-refractivity contribution in [1.82, 2.24) is 0 Å². The number of hydrogen-bond acceptors (Lipinski definition) is 2. The fraction of sp³-hybridized carbons (Fsp3) is 0.538. The van der Waals surface area contributed by atoms with Crippen LogP contribution in [-0.2, 0) is 0 Å². The molecule has 0 unspecified atom stereocenters. The summed E-state index contributed by atoms with van der Waals surface area (Å²) in [5.74, 6) is -0.570. The van der Waals surface area contributed by atoms with Gasteiger partial charge in [-0.15, -0.1) is 0 Å². The molecule has 0 heterocycles. The average Bonchev–Trinajstić information content (AvgIpc) is 2.35. The second kappa shape index (κ2) is 5.36. The summed E-state index contributed by atoms with van der Waals surface area (Å²) in [4.78, 5) is 0. The van der Waals surface area contributed by atoms with Crippen molar-refractivity contribution in [3.8, 4) is 5.75 Å². The summed E-state index contributed by atoms with van der Waals surface area (Å²) in [6, 6.07) is 2.56. The number of hydrogen-bond donors (Lipinski definition) is 2. The number of rotatable bonds is 2. The fourth-order valence-electron chi connectivity index (χ4n) is 2.60. The molecule has 2 rings (SSSR count). The van der Waals surface area contributed by atoms with E-state index in [0.717, 1.165) is 12.8 Å². The van der Waals surface area contributed by atoms with Gasteiger partial charge < -0.3 is 10.8 Å². The van der Waals surface area contributed by atoms with Crippen LogP contribution < -0.4 is 5.73 Å². The van der Waals surface area contributed by atoms with Crippen molar-refractivity contribution in [1.29, 1.82) is 0 Å². The van der Waals surface area contributed by atoms with E-state index in [4.69, 9.17) is 5.73 Å². The van der Waals surface area contributed by atoms with Gasteiger partial charge >= 0.3 is 0 Å². The normalized spacial score (nSPS) is 19.2. The summed E-state index contributed by atoms with van der Waals surface area (Å²) in [5, 5.41) is 9.79. The zero-order valence-corrected chi connectivity index (χ0v) is 11.2. The summed E-state index contributed by atoms with van der Waals surface area (Å²) in [7, 11) is 0. The zero-order chi connectivity index (χ0) is 12.4. The number of phenolic OH excluding ortho intramolecular Hbond substituents is 1. The van der Waals surface area contributed by atoms with Crippen molar-refractivity contribution in [2.75, 3.05) is 0 Å². The molecule has 0 amide bonds. The number of phenols is 1. The van der Waals surface area contributed by atoms with E-state index in [9.17, 15) is 9.50 Å². The molecule has 4 heteroatoms. The molecule has 0 bridgehead atoms. The minimum absolute atomic E-state index is 0.291. The Kier molecular flexibility index (Phi) is 4.05. The summed E-state index contributed by atoms with van der Waals surface area (Å²) >= 11 is 3.34. The SMILES string of the molecule is N[C@H](c1c(Br)ccc(F)c1O)C1CCCCC1. The smallest absolute Gasteiger partial charge is 0.165 e. The number of halogens is 2. The topological polar surface area (TPSA) is 46.2 Å². The molecule has 1 aliphatic carbocycles. The summed E-state index contributed by atoms with van der Waals surface area (Å²) in [6.07, 6.45) is 5.71. The third kappa shape index (κ3) is 2.63. The monoisotopic (exact) mass is 301 g/mol. The molecule has 1 aliphatic rings. The van der Waals surface area contributed by atoms with Crippen LogP contribution in [0.1, 0.15) is 43.7 Å². The standard InChI is InChI=1S/C13H17BrFNO/c14-9-6-7-10(15)13(17)11(9)12(16)8-4-2-1-3-5-8/h6-8,12,17H,1-5,16H2/t12-/m0/s1. The zero-order valence-electron chi connectivity index (χ0n) is 9.63. The van der Waals surface area contributed by atoms with E-state index < -0.39 is 5.82 Å². The van der Waals surface area contributed by atoms with Gasteiger partial charge in [0.15, 0.2) is 11.6 Å². The largest absolute Gasteiger partial charge is 0.505 e. The van der Waals surface area contributed by atoms with Crippen molar-refractivity contribution in [2.45, 2.75) is 38.1 Å². The summed E-state index contributed by atoms with van der Waals surface area (Å²) in [6.45, 7) is 0. The molecule has 0 aromatic heterocycles. The van der Waals surface area contributed by atoms with E-state index >= 15 is 0 Å². The molecular formula is C13H17BrFNO. The van der Waals surface area contributed by atoms with Crippen LogP contribution >= 0.6 is 15.9 Å². The lowest BCUT2D eigenvalue weighted by Gasteiger charge is -2.28. The quantitative estimate of drug-likeness (QED) is 0.871.